The molecule has 1 aliphatic rings. The van der Waals surface area contributed by atoms with Crippen molar-refractivity contribution in [3.8, 4) is 5.75 Å². The molecule has 0 aliphatic carbocycles. The average Bonchev–Trinajstić information content (AvgIpc) is 3.36. The number of amidine groups is 1. The number of aliphatic imine (C=N–C) groups is 1. The van der Waals surface area contributed by atoms with Gasteiger partial charge in [0.2, 0.25) is 0 Å². The quantitative estimate of drug-likeness (QED) is 0.508. The first-order chi connectivity index (χ1) is 14.8. The Labute approximate surface area is 186 Å². The Morgan fingerprint density at radius 3 is 2.48 bits per heavy atom. The Balaban J connectivity index is 0.00000132. The highest BCUT2D eigenvalue weighted by atomic mass is 16.5. The second kappa shape index (κ2) is 9.13. The van der Waals surface area contributed by atoms with Crippen LogP contribution in [-0.2, 0) is 6.54 Å². The first-order valence-corrected chi connectivity index (χ1v) is 11.2. The Morgan fingerprint density at radius 1 is 1.13 bits per heavy atom. The average molecular weight is 421 g/mol. The van der Waals surface area contributed by atoms with Crippen LogP contribution in [0.25, 0.3) is 21.8 Å². The van der Waals surface area contributed by atoms with Gasteiger partial charge in [0, 0.05) is 35.6 Å². The van der Waals surface area contributed by atoms with Gasteiger partial charge in [0.1, 0.15) is 18.2 Å². The lowest BCUT2D eigenvalue weighted by Gasteiger charge is -2.22. The van der Waals surface area contributed by atoms with Crippen molar-refractivity contribution < 1.29 is 4.74 Å². The summed E-state index contributed by atoms with van der Waals surface area (Å²) in [6.45, 7) is 18.2. The van der Waals surface area contributed by atoms with Crippen LogP contribution >= 0.6 is 0 Å². The number of nitrogens with zero attached hydrogens (tertiary/aromatic N) is 2. The molecule has 3 aromatic rings. The Morgan fingerprint density at radius 2 is 1.87 bits per heavy atom. The van der Waals surface area contributed by atoms with Gasteiger partial charge in [-0.25, -0.2) is 0 Å². The van der Waals surface area contributed by atoms with E-state index in [-0.39, 0.29) is 5.41 Å². The first kappa shape index (κ1) is 22.9. The van der Waals surface area contributed by atoms with Crippen LogP contribution in [0.3, 0.4) is 0 Å². The summed E-state index contributed by atoms with van der Waals surface area (Å²) in [5, 5.41) is 13.5. The number of aryl methyl sites for hydroxylation is 1. The summed E-state index contributed by atoms with van der Waals surface area (Å²) < 4.78 is 8.46. The zero-order chi connectivity index (χ0) is 22.8. The van der Waals surface area contributed by atoms with Crippen LogP contribution in [0, 0.1) is 24.7 Å². The van der Waals surface area contributed by atoms with E-state index in [0.717, 1.165) is 36.8 Å². The second-order valence-electron chi connectivity index (χ2n) is 9.13. The number of hydrogen-bond donors (Lipinski definition) is 2. The van der Waals surface area contributed by atoms with Gasteiger partial charge in [-0.05, 0) is 60.2 Å². The molecule has 1 aromatic heterocycles. The van der Waals surface area contributed by atoms with Crippen molar-refractivity contribution in [1.29, 1.82) is 5.41 Å². The maximum absolute atomic E-state index is 7.84. The molecule has 2 N–H and O–H groups in total. The minimum atomic E-state index is 0.154. The number of hydrogen-bond acceptors (Lipinski definition) is 4. The molecule has 0 fully saturated rings. The Kier molecular flexibility index (Phi) is 6.73. The van der Waals surface area contributed by atoms with Crippen molar-refractivity contribution >= 4 is 33.9 Å². The van der Waals surface area contributed by atoms with E-state index in [1.165, 1.54) is 39.1 Å². The van der Waals surface area contributed by atoms with Gasteiger partial charge >= 0.3 is 0 Å². The third-order valence-corrected chi connectivity index (χ3v) is 5.63. The third-order valence-electron chi connectivity index (χ3n) is 5.63. The Hall–Kier alpha value is -2.82. The van der Waals surface area contributed by atoms with Crippen LogP contribution in [-0.4, -0.2) is 36.3 Å². The zero-order valence-electron chi connectivity index (χ0n) is 20.0. The molecule has 2 aromatic carbocycles. The van der Waals surface area contributed by atoms with Crippen LogP contribution in [0.15, 0.2) is 29.3 Å². The van der Waals surface area contributed by atoms with E-state index in [0.29, 0.717) is 6.61 Å². The third kappa shape index (κ3) is 4.60. The van der Waals surface area contributed by atoms with Crippen LogP contribution in [0.4, 0.5) is 0 Å². The van der Waals surface area contributed by atoms with E-state index in [9.17, 15) is 0 Å². The zero-order valence-corrected chi connectivity index (χ0v) is 20.0. The summed E-state index contributed by atoms with van der Waals surface area (Å²) >= 11 is 0. The fourth-order valence-electron chi connectivity index (χ4n) is 4.14. The fourth-order valence-corrected chi connectivity index (χ4v) is 4.14. The second-order valence-corrected chi connectivity index (χ2v) is 9.13. The molecular formula is C26H36N4O. The van der Waals surface area contributed by atoms with E-state index in [1.54, 1.807) is 0 Å². The number of benzene rings is 2. The molecule has 0 atom stereocenters. The molecule has 0 bridgehead atoms. The van der Waals surface area contributed by atoms with Crippen molar-refractivity contribution in [3.05, 3.63) is 41.0 Å². The number of aromatic nitrogens is 1. The maximum atomic E-state index is 7.84. The van der Waals surface area contributed by atoms with Gasteiger partial charge in [0.05, 0.1) is 12.1 Å². The minimum Gasteiger partial charge on any atom is -0.486 e. The molecule has 0 unspecified atom stereocenters. The lowest BCUT2D eigenvalue weighted by molar-refractivity contribution is 0.354. The van der Waals surface area contributed by atoms with Crippen molar-refractivity contribution in [2.45, 2.75) is 55.0 Å². The normalized spacial score (nSPS) is 13.6. The predicted molar refractivity (Wildman–Crippen MR) is 133 cm³/mol. The van der Waals surface area contributed by atoms with Crippen LogP contribution < -0.4 is 10.1 Å². The van der Waals surface area contributed by atoms with Gasteiger partial charge in [0.25, 0.3) is 0 Å². The van der Waals surface area contributed by atoms with Gasteiger partial charge in [-0.3, -0.25) is 4.99 Å². The van der Waals surface area contributed by atoms with E-state index in [2.05, 4.69) is 73.8 Å². The first-order valence-electron chi connectivity index (χ1n) is 11.2. The largest absolute Gasteiger partial charge is 0.486 e. The predicted octanol–water partition coefficient (Wildman–Crippen LogP) is 5.86. The monoisotopic (exact) mass is 420 g/mol. The topological polar surface area (TPSA) is 62.4 Å². The molecule has 5 heteroatoms. The van der Waals surface area contributed by atoms with Gasteiger partial charge in [-0.1, -0.05) is 34.6 Å². The smallest absolute Gasteiger partial charge is 0.145 e. The summed E-state index contributed by atoms with van der Waals surface area (Å²) in [7, 11) is 0. The van der Waals surface area contributed by atoms with Crippen molar-refractivity contribution in [2.24, 2.45) is 10.4 Å². The molecule has 5 nitrogen and oxygen atoms in total. The van der Waals surface area contributed by atoms with E-state index < -0.39 is 0 Å². The Bertz CT molecular complexity index is 1130. The van der Waals surface area contributed by atoms with Gasteiger partial charge in [-0.15, -0.1) is 0 Å². The van der Waals surface area contributed by atoms with Gasteiger partial charge in [-0.2, -0.15) is 0 Å². The minimum absolute atomic E-state index is 0.154. The molecule has 0 radical (unpaired) electrons. The van der Waals surface area contributed by atoms with Gasteiger partial charge in [0.15, 0.2) is 0 Å². The summed E-state index contributed by atoms with van der Waals surface area (Å²) in [6, 6.07) is 8.50. The lowest BCUT2D eigenvalue weighted by Crippen LogP contribution is -2.24. The van der Waals surface area contributed by atoms with E-state index in [4.69, 9.17) is 10.1 Å². The number of fused-ring (bicyclic) bond motifs is 3. The summed E-state index contributed by atoms with van der Waals surface area (Å²) in [6.07, 6.45) is 1.46. The van der Waals surface area contributed by atoms with Crippen molar-refractivity contribution in [2.75, 3.05) is 19.7 Å². The van der Waals surface area contributed by atoms with Crippen molar-refractivity contribution in [1.82, 2.24) is 9.88 Å². The maximum Gasteiger partial charge on any atom is 0.145 e. The highest BCUT2D eigenvalue weighted by Crippen LogP contribution is 2.37. The molecule has 166 valence electrons. The molecule has 2 heterocycles. The molecule has 0 saturated heterocycles. The number of ether oxygens (including phenoxy) is 1. The highest BCUT2D eigenvalue weighted by molar-refractivity contribution is 6.11. The molecule has 0 spiro atoms. The summed E-state index contributed by atoms with van der Waals surface area (Å²) in [4.78, 5) is 4.40. The molecule has 1 aliphatic heterocycles. The van der Waals surface area contributed by atoms with Crippen LogP contribution in [0.2, 0.25) is 0 Å². The number of rotatable bonds is 5. The molecular weight excluding hydrogens is 384 g/mol. The summed E-state index contributed by atoms with van der Waals surface area (Å²) in [5.41, 5.74) is 6.02. The molecule has 31 heavy (non-hydrogen) atoms. The van der Waals surface area contributed by atoms with E-state index >= 15 is 0 Å². The van der Waals surface area contributed by atoms with Crippen LogP contribution in [0.1, 0.15) is 51.3 Å². The fraction of sp³-hybridized carbons (Fsp3) is 0.462. The molecule has 0 amide bonds. The van der Waals surface area contributed by atoms with Crippen molar-refractivity contribution in [3.63, 3.8) is 0 Å². The lowest BCUT2D eigenvalue weighted by atomic mass is 9.96. The van der Waals surface area contributed by atoms with Gasteiger partial charge < -0.3 is 20.0 Å². The molecule has 0 saturated carbocycles. The standard InChI is InChI=1S/C24H30N4O.C2H6/c1-15-16(2)23-20(10-17(15)12-25)19-11-18(29-13-22-26-8-9-27-22)6-7-21(19)28(23)14-24(3,4)5;1-2/h6-7,10-12,25H,8-9,13-14H2,1-5H3,(H,26,27);1-2H3. The SMILES string of the molecule is CC.Cc1c(C=N)cc2c3cc(OCC4=NCCN4)ccc3n(CC(C)(C)C)c2c1C. The van der Waals surface area contributed by atoms with Crippen LogP contribution in [0.5, 0.6) is 5.75 Å². The summed E-state index contributed by atoms with van der Waals surface area (Å²) in [5.74, 6) is 1.76. The highest BCUT2D eigenvalue weighted by Gasteiger charge is 2.20. The number of nitrogens with one attached hydrogen (secondary N) is 2. The van der Waals surface area contributed by atoms with E-state index in [1.807, 2.05) is 13.8 Å². The molecule has 4 rings (SSSR count).